The molecule has 0 aliphatic rings. The van der Waals surface area contributed by atoms with Crippen molar-refractivity contribution in [2.24, 2.45) is 0 Å². The molecule has 0 heterocycles. The molecule has 0 aromatic rings. The van der Waals surface area contributed by atoms with Gasteiger partial charge >= 0.3 is 0 Å². The van der Waals surface area contributed by atoms with E-state index in [4.69, 9.17) is 4.74 Å². The Hall–Kier alpha value is -2.29. The molecule has 0 aromatic heterocycles. The van der Waals surface area contributed by atoms with Crippen LogP contribution in [-0.4, -0.2) is 73.2 Å². The average molecular weight is 367 g/mol. The number of nitrogens with zero attached hydrogens (tertiary/aromatic N) is 2. The Bertz CT molecular complexity index is 567. The zero-order valence-electron chi connectivity index (χ0n) is 16.1. The maximum Gasteiger partial charge on any atom is 0.253 e. The Morgan fingerprint density at radius 1 is 1.23 bits per heavy atom. The molecule has 8 nitrogen and oxygen atoms in total. The lowest BCUT2D eigenvalue weighted by molar-refractivity contribution is -0.206. The number of Topliss-reactive ketones (excluding diaryl/α,β-unsaturated/α-hetero) is 1. The van der Waals surface area contributed by atoms with Gasteiger partial charge in [-0.1, -0.05) is 18.7 Å². The van der Waals surface area contributed by atoms with Gasteiger partial charge in [-0.15, -0.1) is 0 Å². The van der Waals surface area contributed by atoms with Crippen molar-refractivity contribution in [3.63, 3.8) is 0 Å². The fourth-order valence-corrected chi connectivity index (χ4v) is 1.69. The highest BCUT2D eigenvalue weighted by molar-refractivity contribution is 5.98. The van der Waals surface area contributed by atoms with Crippen molar-refractivity contribution >= 4 is 17.6 Å². The van der Waals surface area contributed by atoms with Gasteiger partial charge in [0.15, 0.2) is 5.78 Å². The van der Waals surface area contributed by atoms with Crippen LogP contribution in [-0.2, 0) is 19.1 Å². The minimum Gasteiger partial charge on any atom is -0.356 e. The minimum absolute atomic E-state index is 0.0799. The summed E-state index contributed by atoms with van der Waals surface area (Å²) in [7, 11) is 6.45. The molecule has 1 unspecified atom stereocenters. The number of amides is 2. The van der Waals surface area contributed by atoms with E-state index in [1.54, 1.807) is 34.3 Å². The van der Waals surface area contributed by atoms with Gasteiger partial charge in [0.05, 0.1) is 5.70 Å². The molecule has 2 N–H and O–H groups in total. The summed E-state index contributed by atoms with van der Waals surface area (Å²) in [6.07, 6.45) is 4.08. The second-order valence-corrected chi connectivity index (χ2v) is 5.99. The van der Waals surface area contributed by atoms with Crippen LogP contribution in [0.3, 0.4) is 0 Å². The van der Waals surface area contributed by atoms with Crippen LogP contribution in [0.5, 0.6) is 0 Å². The minimum atomic E-state index is -1.29. The maximum atomic E-state index is 12.4. The number of ketones is 1. The highest BCUT2D eigenvalue weighted by Crippen LogP contribution is 2.09. The van der Waals surface area contributed by atoms with Gasteiger partial charge < -0.3 is 20.1 Å². The first-order valence-corrected chi connectivity index (χ1v) is 8.12. The van der Waals surface area contributed by atoms with Gasteiger partial charge in [-0.05, 0) is 39.1 Å². The maximum absolute atomic E-state index is 12.4. The zero-order valence-corrected chi connectivity index (χ0v) is 16.1. The van der Waals surface area contributed by atoms with Crippen LogP contribution >= 0.6 is 0 Å². The largest absolute Gasteiger partial charge is 0.356 e. The number of hydrogen-bond acceptors (Lipinski definition) is 6. The van der Waals surface area contributed by atoms with Gasteiger partial charge in [0.25, 0.3) is 5.91 Å². The summed E-state index contributed by atoms with van der Waals surface area (Å²) >= 11 is 0. The van der Waals surface area contributed by atoms with E-state index in [2.05, 4.69) is 11.9 Å². The highest BCUT2D eigenvalue weighted by Gasteiger charge is 2.24. The predicted molar refractivity (Wildman–Crippen MR) is 98.7 cm³/mol. The number of aliphatic hydroxyl groups excluding tert-OH is 1. The van der Waals surface area contributed by atoms with Crippen LogP contribution in [0.2, 0.25) is 0 Å². The summed E-state index contributed by atoms with van der Waals surface area (Å²) in [6.45, 7) is 4.81. The Labute approximate surface area is 154 Å². The molecule has 0 rings (SSSR count). The first kappa shape index (κ1) is 23.7. The molecule has 0 aromatic carbocycles. The topological polar surface area (TPSA) is 99.2 Å². The Morgan fingerprint density at radius 3 is 2.31 bits per heavy atom. The zero-order chi connectivity index (χ0) is 20.3. The summed E-state index contributed by atoms with van der Waals surface area (Å²) in [6, 6.07) is 0. The fourth-order valence-electron chi connectivity index (χ4n) is 1.69. The van der Waals surface area contributed by atoms with Crippen molar-refractivity contribution in [2.45, 2.75) is 32.3 Å². The molecule has 26 heavy (non-hydrogen) atoms. The monoisotopic (exact) mass is 367 g/mol. The molecular weight excluding hydrogens is 338 g/mol. The van der Waals surface area contributed by atoms with Gasteiger partial charge in [0.1, 0.15) is 6.10 Å². The summed E-state index contributed by atoms with van der Waals surface area (Å²) < 4.78 is 5.36. The van der Waals surface area contributed by atoms with Gasteiger partial charge in [0, 0.05) is 21.0 Å². The predicted octanol–water partition coefficient (Wildman–Crippen LogP) is 0.409. The molecule has 0 saturated carbocycles. The number of hydrogen-bond donors (Lipinski definition) is 2. The van der Waals surface area contributed by atoms with Crippen LogP contribution in [0.15, 0.2) is 36.6 Å². The van der Waals surface area contributed by atoms with Crippen LogP contribution in [0.25, 0.3) is 0 Å². The molecule has 146 valence electrons. The second kappa shape index (κ2) is 12.1. The number of carbonyl (C=O) groups excluding carboxylic acids is 3. The van der Waals surface area contributed by atoms with Gasteiger partial charge in [-0.3, -0.25) is 19.3 Å². The summed E-state index contributed by atoms with van der Waals surface area (Å²) in [4.78, 5) is 38.3. The fraction of sp³-hybridized carbons (Fsp3) is 0.500. The Balaban J connectivity index is 5.06. The molecule has 0 aliphatic carbocycles. The quantitative estimate of drug-likeness (QED) is 0.312. The summed E-state index contributed by atoms with van der Waals surface area (Å²) in [5.74, 6) is -1.07. The third-order valence-corrected chi connectivity index (χ3v) is 3.24. The Kier molecular flexibility index (Phi) is 11.1. The van der Waals surface area contributed by atoms with E-state index >= 15 is 0 Å². The average Bonchev–Trinajstić information content (AvgIpc) is 2.56. The number of carbonyl (C=O) groups is 3. The lowest BCUT2D eigenvalue weighted by Crippen LogP contribution is -2.42. The molecule has 0 bridgehead atoms. The van der Waals surface area contributed by atoms with Crippen molar-refractivity contribution in [3.05, 3.63) is 36.6 Å². The van der Waals surface area contributed by atoms with Gasteiger partial charge in [-0.2, -0.15) is 0 Å². The van der Waals surface area contributed by atoms with Crippen LogP contribution in [0.4, 0.5) is 0 Å². The Morgan fingerprint density at radius 2 is 1.85 bits per heavy atom. The van der Waals surface area contributed by atoms with E-state index in [9.17, 15) is 19.5 Å². The molecule has 0 aliphatic heterocycles. The summed E-state index contributed by atoms with van der Waals surface area (Å²) in [5, 5.41) is 12.3. The third-order valence-electron chi connectivity index (χ3n) is 3.24. The lowest BCUT2D eigenvalue weighted by Gasteiger charge is -2.24. The van der Waals surface area contributed by atoms with E-state index in [-0.39, 0.29) is 23.8 Å². The van der Waals surface area contributed by atoms with Crippen molar-refractivity contribution < 1.29 is 24.2 Å². The van der Waals surface area contributed by atoms with Crippen molar-refractivity contribution in [1.29, 1.82) is 0 Å². The van der Waals surface area contributed by atoms with E-state index in [0.717, 1.165) is 0 Å². The smallest absolute Gasteiger partial charge is 0.253 e. The van der Waals surface area contributed by atoms with Crippen molar-refractivity contribution in [2.75, 3.05) is 28.2 Å². The standard InChI is InChI=1S/C18H29N3O5/c1-7-10-14(13(2)22)19-17(24)15(26-18(25)21(5)6)11-8-9-12-16(23)20(3)4/h7,9-10,12,15,18,25H,1,8,11H2,2-6H3,(H,19,24)/b12-9+,14-10+/t15-,18?/m0/s1. The normalized spacial score (nSPS) is 14.2. The molecule has 0 radical (unpaired) electrons. The number of aliphatic hydroxyl groups is 1. The van der Waals surface area contributed by atoms with Crippen LogP contribution < -0.4 is 5.32 Å². The summed E-state index contributed by atoms with van der Waals surface area (Å²) in [5.41, 5.74) is 0.0799. The molecule has 2 amide bonds. The number of nitrogens with one attached hydrogen (secondary N) is 1. The molecule has 0 fully saturated rings. The molecule has 0 saturated heterocycles. The molecule has 8 heteroatoms. The first-order valence-electron chi connectivity index (χ1n) is 8.12. The number of rotatable bonds is 11. The number of allylic oxidation sites excluding steroid dienone is 4. The SMILES string of the molecule is C=C/C=C(/NC(=O)[C@H](CC/C=C/C(=O)N(C)C)OC(O)N(C)C)C(C)=O. The van der Waals surface area contributed by atoms with Crippen LogP contribution in [0, 0.1) is 0 Å². The second-order valence-electron chi connectivity index (χ2n) is 5.99. The first-order chi connectivity index (χ1) is 12.1. The van der Waals surface area contributed by atoms with E-state index in [1.807, 2.05) is 0 Å². The molecule has 2 atom stereocenters. The lowest BCUT2D eigenvalue weighted by atomic mass is 10.1. The van der Waals surface area contributed by atoms with E-state index < -0.39 is 18.4 Å². The molecule has 0 spiro atoms. The number of ether oxygens (including phenoxy) is 1. The highest BCUT2D eigenvalue weighted by atomic mass is 16.6. The molecular formula is C18H29N3O5. The van der Waals surface area contributed by atoms with Gasteiger partial charge in [-0.25, -0.2) is 0 Å². The van der Waals surface area contributed by atoms with Crippen LogP contribution in [0.1, 0.15) is 19.8 Å². The third kappa shape index (κ3) is 9.26. The van der Waals surface area contributed by atoms with Crippen molar-refractivity contribution in [1.82, 2.24) is 15.1 Å². The van der Waals surface area contributed by atoms with E-state index in [1.165, 1.54) is 35.0 Å². The van der Waals surface area contributed by atoms with E-state index in [0.29, 0.717) is 6.42 Å². The number of likely N-dealkylation sites (N-methyl/N-ethyl adjacent to an activating group) is 1. The van der Waals surface area contributed by atoms with Crippen molar-refractivity contribution in [3.8, 4) is 0 Å². The van der Waals surface area contributed by atoms with Gasteiger partial charge in [0.2, 0.25) is 12.3 Å².